The van der Waals surface area contributed by atoms with E-state index in [9.17, 15) is 0 Å². The van der Waals surface area contributed by atoms with E-state index in [-0.39, 0.29) is 0 Å². The molecule has 3 heteroatoms. The molecule has 2 aliphatic rings. The number of halogens is 1. The van der Waals surface area contributed by atoms with Crippen LogP contribution in [0.2, 0.25) is 0 Å². The predicted octanol–water partition coefficient (Wildman–Crippen LogP) is 3.51. The second-order valence-electron chi connectivity index (χ2n) is 5.46. The van der Waals surface area contributed by atoms with Crippen molar-refractivity contribution in [3.63, 3.8) is 0 Å². The van der Waals surface area contributed by atoms with Crippen molar-refractivity contribution in [2.75, 3.05) is 24.5 Å². The minimum atomic E-state index is 0.665. The van der Waals surface area contributed by atoms with Crippen LogP contribution in [0.3, 0.4) is 0 Å². The Morgan fingerprint density at radius 3 is 2.89 bits per heavy atom. The van der Waals surface area contributed by atoms with E-state index in [0.29, 0.717) is 6.04 Å². The summed E-state index contributed by atoms with van der Waals surface area (Å²) in [6.45, 7) is 6.06. The van der Waals surface area contributed by atoms with E-state index in [1.54, 1.807) is 0 Å². The molecule has 98 valence electrons. The van der Waals surface area contributed by atoms with Gasteiger partial charge in [-0.15, -0.1) is 0 Å². The Balaban J connectivity index is 1.87. The summed E-state index contributed by atoms with van der Waals surface area (Å²) < 4.78 is 1.23. The molecule has 0 bridgehead atoms. The quantitative estimate of drug-likeness (QED) is 0.825. The highest BCUT2D eigenvalue weighted by Crippen LogP contribution is 2.33. The number of fused-ring (bicyclic) bond motifs is 1. The van der Waals surface area contributed by atoms with Gasteiger partial charge in [0.1, 0.15) is 0 Å². The fourth-order valence-electron chi connectivity index (χ4n) is 3.42. The molecule has 2 nitrogen and oxygen atoms in total. The van der Waals surface area contributed by atoms with E-state index in [0.717, 1.165) is 6.04 Å². The largest absolute Gasteiger partial charge is 0.365 e. The van der Waals surface area contributed by atoms with Crippen LogP contribution in [0.25, 0.3) is 0 Å². The van der Waals surface area contributed by atoms with Crippen molar-refractivity contribution in [2.24, 2.45) is 0 Å². The van der Waals surface area contributed by atoms with Crippen LogP contribution in [0.5, 0.6) is 0 Å². The molecule has 2 aliphatic heterocycles. The van der Waals surface area contributed by atoms with Crippen molar-refractivity contribution in [3.8, 4) is 0 Å². The third-order valence-corrected chi connectivity index (χ3v) is 5.10. The van der Waals surface area contributed by atoms with Crippen LogP contribution in [-0.2, 0) is 0 Å². The Labute approximate surface area is 118 Å². The van der Waals surface area contributed by atoms with Gasteiger partial charge in [0.25, 0.3) is 0 Å². The topological polar surface area (TPSA) is 6.48 Å². The van der Waals surface area contributed by atoms with Crippen LogP contribution in [-0.4, -0.2) is 36.6 Å². The van der Waals surface area contributed by atoms with Gasteiger partial charge in [-0.05, 0) is 53.9 Å². The SMILES string of the molecule is CCC1CN2CCCC2CN1c1ccccc1Br. The number of benzene rings is 1. The Hall–Kier alpha value is -0.540. The average molecular weight is 309 g/mol. The summed E-state index contributed by atoms with van der Waals surface area (Å²) >= 11 is 3.71. The summed E-state index contributed by atoms with van der Waals surface area (Å²) in [6.07, 6.45) is 3.98. The first-order valence-electron chi connectivity index (χ1n) is 7.05. The minimum Gasteiger partial charge on any atom is -0.365 e. The fraction of sp³-hybridized carbons (Fsp3) is 0.600. The van der Waals surface area contributed by atoms with Crippen molar-refractivity contribution in [2.45, 2.75) is 38.3 Å². The third-order valence-electron chi connectivity index (χ3n) is 4.43. The zero-order chi connectivity index (χ0) is 12.5. The second kappa shape index (κ2) is 5.22. The van der Waals surface area contributed by atoms with Crippen molar-refractivity contribution < 1.29 is 0 Å². The Bertz CT molecular complexity index is 421. The first-order chi connectivity index (χ1) is 8.79. The van der Waals surface area contributed by atoms with Gasteiger partial charge in [-0.1, -0.05) is 19.1 Å². The molecule has 2 heterocycles. The molecule has 2 unspecified atom stereocenters. The van der Waals surface area contributed by atoms with Crippen LogP contribution in [0, 0.1) is 0 Å². The van der Waals surface area contributed by atoms with Crippen molar-refractivity contribution in [1.82, 2.24) is 4.90 Å². The van der Waals surface area contributed by atoms with E-state index in [1.165, 1.54) is 49.1 Å². The first-order valence-corrected chi connectivity index (χ1v) is 7.84. The Morgan fingerprint density at radius 1 is 1.28 bits per heavy atom. The number of hydrogen-bond donors (Lipinski definition) is 0. The van der Waals surface area contributed by atoms with Gasteiger partial charge < -0.3 is 4.90 Å². The molecule has 1 aromatic carbocycles. The molecule has 0 aliphatic carbocycles. The maximum atomic E-state index is 3.71. The lowest BCUT2D eigenvalue weighted by molar-refractivity contribution is 0.194. The van der Waals surface area contributed by atoms with E-state index >= 15 is 0 Å². The molecule has 18 heavy (non-hydrogen) atoms. The molecular formula is C15H21BrN2. The average Bonchev–Trinajstić information content (AvgIpc) is 2.85. The monoisotopic (exact) mass is 308 g/mol. The molecule has 3 rings (SSSR count). The smallest absolute Gasteiger partial charge is 0.0514 e. The van der Waals surface area contributed by atoms with E-state index in [1.807, 2.05) is 0 Å². The number of nitrogens with zero attached hydrogens (tertiary/aromatic N) is 2. The third kappa shape index (κ3) is 2.19. The van der Waals surface area contributed by atoms with Crippen molar-refractivity contribution in [1.29, 1.82) is 0 Å². The molecule has 0 N–H and O–H groups in total. The summed E-state index contributed by atoms with van der Waals surface area (Å²) in [5.41, 5.74) is 1.37. The van der Waals surface area contributed by atoms with Crippen LogP contribution >= 0.6 is 15.9 Å². The van der Waals surface area contributed by atoms with Gasteiger partial charge in [0.05, 0.1) is 5.69 Å². The van der Waals surface area contributed by atoms with Crippen molar-refractivity contribution >= 4 is 21.6 Å². The molecule has 0 saturated carbocycles. The molecule has 1 aromatic rings. The maximum absolute atomic E-state index is 3.71. The zero-order valence-electron chi connectivity index (χ0n) is 11.0. The molecule has 0 aromatic heterocycles. The van der Waals surface area contributed by atoms with Gasteiger partial charge in [-0.25, -0.2) is 0 Å². The summed E-state index contributed by atoms with van der Waals surface area (Å²) in [5.74, 6) is 0. The summed E-state index contributed by atoms with van der Waals surface area (Å²) in [7, 11) is 0. The highest BCUT2D eigenvalue weighted by Gasteiger charge is 2.35. The minimum absolute atomic E-state index is 0.665. The van der Waals surface area contributed by atoms with Crippen LogP contribution < -0.4 is 4.90 Å². The second-order valence-corrected chi connectivity index (χ2v) is 6.31. The molecule has 0 amide bonds. The van der Waals surface area contributed by atoms with Gasteiger partial charge >= 0.3 is 0 Å². The van der Waals surface area contributed by atoms with Gasteiger partial charge in [0, 0.05) is 29.6 Å². The van der Waals surface area contributed by atoms with Crippen LogP contribution in [0.4, 0.5) is 5.69 Å². The zero-order valence-corrected chi connectivity index (χ0v) is 12.6. The van der Waals surface area contributed by atoms with E-state index in [4.69, 9.17) is 0 Å². The molecule has 2 saturated heterocycles. The lowest BCUT2D eigenvalue weighted by Gasteiger charge is -2.45. The van der Waals surface area contributed by atoms with Crippen LogP contribution in [0.1, 0.15) is 26.2 Å². The number of rotatable bonds is 2. The highest BCUT2D eigenvalue weighted by molar-refractivity contribution is 9.10. The Morgan fingerprint density at radius 2 is 2.11 bits per heavy atom. The molecular weight excluding hydrogens is 288 g/mol. The van der Waals surface area contributed by atoms with E-state index in [2.05, 4.69) is 56.9 Å². The van der Waals surface area contributed by atoms with Gasteiger partial charge in [0.2, 0.25) is 0 Å². The predicted molar refractivity (Wildman–Crippen MR) is 80.2 cm³/mol. The number of para-hydroxylation sites is 1. The fourth-order valence-corrected chi connectivity index (χ4v) is 3.93. The molecule has 0 radical (unpaired) electrons. The Kier molecular flexibility index (Phi) is 3.62. The van der Waals surface area contributed by atoms with Crippen LogP contribution in [0.15, 0.2) is 28.7 Å². The van der Waals surface area contributed by atoms with E-state index < -0.39 is 0 Å². The maximum Gasteiger partial charge on any atom is 0.0514 e. The van der Waals surface area contributed by atoms with Gasteiger partial charge in [-0.2, -0.15) is 0 Å². The van der Waals surface area contributed by atoms with Gasteiger partial charge in [0.15, 0.2) is 0 Å². The standard InChI is InChI=1S/C15H21BrN2/c1-2-12-10-17-9-5-6-13(17)11-18(12)15-8-4-3-7-14(15)16/h3-4,7-8,12-13H,2,5-6,9-11H2,1H3. The molecule has 2 fully saturated rings. The summed E-state index contributed by atoms with van der Waals surface area (Å²) in [4.78, 5) is 5.32. The summed E-state index contributed by atoms with van der Waals surface area (Å²) in [5, 5.41) is 0. The number of piperazine rings is 1. The normalized spacial score (nSPS) is 28.4. The number of anilines is 1. The van der Waals surface area contributed by atoms with Gasteiger partial charge in [-0.3, -0.25) is 4.90 Å². The first kappa shape index (κ1) is 12.5. The highest BCUT2D eigenvalue weighted by atomic mass is 79.9. The lowest BCUT2D eigenvalue weighted by atomic mass is 10.0. The van der Waals surface area contributed by atoms with Crippen molar-refractivity contribution in [3.05, 3.63) is 28.7 Å². The lowest BCUT2D eigenvalue weighted by Crippen LogP contribution is -2.56. The molecule has 2 atom stereocenters. The number of hydrogen-bond acceptors (Lipinski definition) is 2. The summed E-state index contributed by atoms with van der Waals surface area (Å²) in [6, 6.07) is 10.1. The molecule has 0 spiro atoms.